The van der Waals surface area contributed by atoms with Crippen LogP contribution in [0.2, 0.25) is 0 Å². The third-order valence-electron chi connectivity index (χ3n) is 2.80. The molecule has 0 aliphatic carbocycles. The van der Waals surface area contributed by atoms with E-state index >= 15 is 0 Å². The maximum absolute atomic E-state index is 2.49. The largest absolute Gasteiger partial charge is 0.371 e. The van der Waals surface area contributed by atoms with Crippen molar-refractivity contribution in [3.05, 3.63) is 29.3 Å². The fourth-order valence-corrected chi connectivity index (χ4v) is 2.12. The molecule has 0 radical (unpaired) electrons. The van der Waals surface area contributed by atoms with Crippen LogP contribution in [-0.2, 0) is 0 Å². The Kier molecular flexibility index (Phi) is 2.26. The molecule has 1 aromatic rings. The van der Waals surface area contributed by atoms with Gasteiger partial charge in [0.1, 0.15) is 0 Å². The monoisotopic (exact) mass is 175 g/mol. The maximum Gasteiger partial charge on any atom is 0.0396 e. The van der Waals surface area contributed by atoms with Gasteiger partial charge in [0.05, 0.1) is 0 Å². The zero-order chi connectivity index (χ0) is 9.26. The van der Waals surface area contributed by atoms with Crippen molar-refractivity contribution in [1.82, 2.24) is 0 Å². The van der Waals surface area contributed by atoms with Crippen molar-refractivity contribution >= 4 is 5.69 Å². The second-order valence-corrected chi connectivity index (χ2v) is 3.98. The Morgan fingerprint density at radius 2 is 1.77 bits per heavy atom. The molecule has 1 heteroatoms. The lowest BCUT2D eigenvalue weighted by atomic mass is 10.1. The summed E-state index contributed by atoms with van der Waals surface area (Å²) in [5.74, 6) is 0. The van der Waals surface area contributed by atoms with Gasteiger partial charge in [0.15, 0.2) is 0 Å². The molecule has 1 fully saturated rings. The third-order valence-corrected chi connectivity index (χ3v) is 2.80. The molecule has 0 amide bonds. The summed E-state index contributed by atoms with van der Waals surface area (Å²) in [6, 6.07) is 6.74. The molecule has 1 aromatic carbocycles. The Labute approximate surface area is 80.4 Å². The lowest BCUT2D eigenvalue weighted by Crippen LogP contribution is -2.18. The van der Waals surface area contributed by atoms with E-state index in [1.54, 1.807) is 0 Å². The highest BCUT2D eigenvalue weighted by atomic mass is 15.1. The van der Waals surface area contributed by atoms with Gasteiger partial charge in [0, 0.05) is 18.8 Å². The lowest BCUT2D eigenvalue weighted by Gasteiger charge is -2.20. The quantitative estimate of drug-likeness (QED) is 0.634. The van der Waals surface area contributed by atoms with E-state index in [1.807, 2.05) is 0 Å². The Morgan fingerprint density at radius 3 is 2.38 bits per heavy atom. The van der Waals surface area contributed by atoms with E-state index < -0.39 is 0 Å². The Bertz CT molecular complexity index is 298. The molecule has 0 atom stereocenters. The molecule has 1 aliphatic rings. The summed E-state index contributed by atoms with van der Waals surface area (Å²) >= 11 is 0. The van der Waals surface area contributed by atoms with E-state index in [-0.39, 0.29) is 0 Å². The molecule has 70 valence electrons. The Morgan fingerprint density at radius 1 is 1.08 bits per heavy atom. The summed E-state index contributed by atoms with van der Waals surface area (Å²) in [7, 11) is 0. The number of benzene rings is 1. The number of rotatable bonds is 1. The molecular formula is C12H17N. The van der Waals surface area contributed by atoms with Crippen molar-refractivity contribution < 1.29 is 0 Å². The predicted octanol–water partition coefficient (Wildman–Crippen LogP) is 2.90. The highest BCUT2D eigenvalue weighted by Crippen LogP contribution is 2.24. The molecular weight excluding hydrogens is 158 g/mol. The number of aryl methyl sites for hydroxylation is 2. The van der Waals surface area contributed by atoms with Gasteiger partial charge < -0.3 is 4.90 Å². The van der Waals surface area contributed by atoms with E-state index in [0.29, 0.717) is 0 Å². The van der Waals surface area contributed by atoms with Gasteiger partial charge in [-0.25, -0.2) is 0 Å². The zero-order valence-electron chi connectivity index (χ0n) is 8.51. The summed E-state index contributed by atoms with van der Waals surface area (Å²) in [4.78, 5) is 2.49. The summed E-state index contributed by atoms with van der Waals surface area (Å²) in [5.41, 5.74) is 4.21. The normalized spacial score (nSPS) is 16.6. The average Bonchev–Trinajstić information content (AvgIpc) is 2.56. The van der Waals surface area contributed by atoms with Gasteiger partial charge in [-0.3, -0.25) is 0 Å². The van der Waals surface area contributed by atoms with Crippen LogP contribution in [0.5, 0.6) is 0 Å². The van der Waals surface area contributed by atoms with Crippen LogP contribution in [0.15, 0.2) is 18.2 Å². The fourth-order valence-electron chi connectivity index (χ4n) is 2.12. The van der Waals surface area contributed by atoms with Crippen molar-refractivity contribution in [2.45, 2.75) is 26.7 Å². The van der Waals surface area contributed by atoms with Crippen molar-refractivity contribution in [2.24, 2.45) is 0 Å². The summed E-state index contributed by atoms with van der Waals surface area (Å²) in [5, 5.41) is 0. The second kappa shape index (κ2) is 3.41. The number of nitrogens with zero attached hydrogens (tertiary/aromatic N) is 1. The van der Waals surface area contributed by atoms with Crippen molar-refractivity contribution in [1.29, 1.82) is 0 Å². The first-order valence-electron chi connectivity index (χ1n) is 5.09. The third kappa shape index (κ3) is 1.69. The van der Waals surface area contributed by atoms with Crippen LogP contribution in [0.25, 0.3) is 0 Å². The maximum atomic E-state index is 2.49. The summed E-state index contributed by atoms with van der Waals surface area (Å²) in [6.07, 6.45) is 2.71. The number of anilines is 1. The molecule has 0 N–H and O–H groups in total. The molecule has 13 heavy (non-hydrogen) atoms. The summed E-state index contributed by atoms with van der Waals surface area (Å²) in [6.45, 7) is 6.84. The first-order chi connectivity index (χ1) is 6.27. The van der Waals surface area contributed by atoms with E-state index in [0.717, 1.165) is 0 Å². The fraction of sp³-hybridized carbons (Fsp3) is 0.500. The molecule has 1 nitrogen and oxygen atoms in total. The van der Waals surface area contributed by atoms with E-state index in [9.17, 15) is 0 Å². The molecule has 2 rings (SSSR count). The first kappa shape index (κ1) is 8.61. The topological polar surface area (TPSA) is 3.24 Å². The van der Waals surface area contributed by atoms with Crippen LogP contribution in [0, 0.1) is 13.8 Å². The highest BCUT2D eigenvalue weighted by molar-refractivity contribution is 5.54. The van der Waals surface area contributed by atoms with E-state index in [1.165, 1.54) is 42.7 Å². The molecule has 0 saturated carbocycles. The van der Waals surface area contributed by atoms with E-state index in [4.69, 9.17) is 0 Å². The molecule has 0 unspecified atom stereocenters. The van der Waals surface area contributed by atoms with Gasteiger partial charge in [-0.2, -0.15) is 0 Å². The smallest absolute Gasteiger partial charge is 0.0396 e. The minimum absolute atomic E-state index is 1.24. The number of hydrogen-bond acceptors (Lipinski definition) is 1. The van der Waals surface area contributed by atoms with Crippen LogP contribution < -0.4 is 4.90 Å². The molecule has 0 spiro atoms. The highest BCUT2D eigenvalue weighted by Gasteiger charge is 2.13. The minimum Gasteiger partial charge on any atom is -0.371 e. The van der Waals surface area contributed by atoms with Gasteiger partial charge in [0.25, 0.3) is 0 Å². The number of hydrogen-bond donors (Lipinski definition) is 0. The van der Waals surface area contributed by atoms with Crippen LogP contribution in [0.1, 0.15) is 24.0 Å². The standard InChI is InChI=1S/C12H17N/c1-10-5-6-12(11(2)9-10)13-7-3-4-8-13/h5-6,9H,3-4,7-8H2,1-2H3. The Hall–Kier alpha value is -0.980. The molecule has 0 aromatic heterocycles. The Balaban J connectivity index is 2.29. The zero-order valence-corrected chi connectivity index (χ0v) is 8.51. The summed E-state index contributed by atoms with van der Waals surface area (Å²) < 4.78 is 0. The second-order valence-electron chi connectivity index (χ2n) is 3.98. The van der Waals surface area contributed by atoms with Gasteiger partial charge in [0.2, 0.25) is 0 Å². The molecule has 1 saturated heterocycles. The van der Waals surface area contributed by atoms with Crippen molar-refractivity contribution in [3.63, 3.8) is 0 Å². The van der Waals surface area contributed by atoms with Gasteiger partial charge in [-0.15, -0.1) is 0 Å². The molecule has 1 aliphatic heterocycles. The lowest BCUT2D eigenvalue weighted by molar-refractivity contribution is 0.949. The van der Waals surface area contributed by atoms with Crippen LogP contribution in [-0.4, -0.2) is 13.1 Å². The van der Waals surface area contributed by atoms with Gasteiger partial charge in [-0.1, -0.05) is 17.7 Å². The predicted molar refractivity (Wildman–Crippen MR) is 57.4 cm³/mol. The van der Waals surface area contributed by atoms with Gasteiger partial charge in [-0.05, 0) is 38.3 Å². The van der Waals surface area contributed by atoms with Crippen LogP contribution in [0.3, 0.4) is 0 Å². The molecule has 0 bridgehead atoms. The van der Waals surface area contributed by atoms with E-state index in [2.05, 4.69) is 36.9 Å². The van der Waals surface area contributed by atoms with Gasteiger partial charge >= 0.3 is 0 Å². The van der Waals surface area contributed by atoms with Crippen LogP contribution >= 0.6 is 0 Å². The first-order valence-corrected chi connectivity index (χ1v) is 5.09. The van der Waals surface area contributed by atoms with Crippen molar-refractivity contribution in [2.75, 3.05) is 18.0 Å². The SMILES string of the molecule is Cc1ccc(N2CCCC2)c(C)c1. The molecule has 1 heterocycles. The minimum atomic E-state index is 1.24. The van der Waals surface area contributed by atoms with Crippen molar-refractivity contribution in [3.8, 4) is 0 Å². The average molecular weight is 175 g/mol. The van der Waals surface area contributed by atoms with Crippen LogP contribution in [0.4, 0.5) is 5.69 Å².